The van der Waals surface area contributed by atoms with Crippen LogP contribution in [0.15, 0.2) is 15.5 Å². The quantitative estimate of drug-likeness (QED) is 0.570. The SMILES string of the molecule is CCc1nc(CC)c(SCC2=C(C(=O)O)N3C(=O)C(N)[C@H]3SC2)s1. The van der Waals surface area contributed by atoms with Crippen molar-refractivity contribution in [3.8, 4) is 0 Å². The topological polar surface area (TPSA) is 96.5 Å². The lowest BCUT2D eigenvalue weighted by atomic mass is 10.0. The predicted molar refractivity (Wildman–Crippen MR) is 97.3 cm³/mol. The van der Waals surface area contributed by atoms with Crippen molar-refractivity contribution >= 4 is 46.7 Å². The summed E-state index contributed by atoms with van der Waals surface area (Å²) in [5.41, 5.74) is 7.74. The Balaban J connectivity index is 1.81. The Kier molecular flexibility index (Phi) is 5.24. The van der Waals surface area contributed by atoms with Gasteiger partial charge < -0.3 is 10.8 Å². The van der Waals surface area contributed by atoms with Gasteiger partial charge in [0.25, 0.3) is 0 Å². The van der Waals surface area contributed by atoms with Crippen molar-refractivity contribution in [3.05, 3.63) is 22.0 Å². The number of aliphatic carboxylic acids is 1. The van der Waals surface area contributed by atoms with Crippen LogP contribution in [0.3, 0.4) is 0 Å². The highest BCUT2D eigenvalue weighted by Crippen LogP contribution is 2.41. The number of hydrogen-bond donors (Lipinski definition) is 2. The third-order valence-electron chi connectivity index (χ3n) is 4.01. The normalized spacial score (nSPS) is 23.3. The van der Waals surface area contributed by atoms with Crippen molar-refractivity contribution in [2.45, 2.75) is 42.3 Å². The first-order valence-electron chi connectivity index (χ1n) is 7.74. The van der Waals surface area contributed by atoms with E-state index in [2.05, 4.69) is 18.8 Å². The summed E-state index contributed by atoms with van der Waals surface area (Å²) in [4.78, 5) is 29.6. The van der Waals surface area contributed by atoms with Gasteiger partial charge in [0.1, 0.15) is 17.1 Å². The van der Waals surface area contributed by atoms with Crippen LogP contribution in [0.5, 0.6) is 0 Å². The molecule has 3 rings (SSSR count). The van der Waals surface area contributed by atoms with Crippen molar-refractivity contribution in [1.82, 2.24) is 9.88 Å². The number of carbonyl (C=O) groups excluding carboxylic acids is 1. The molecule has 0 spiro atoms. The molecule has 2 atom stereocenters. The number of amides is 1. The Morgan fingerprint density at radius 1 is 1.46 bits per heavy atom. The zero-order chi connectivity index (χ0) is 17.4. The predicted octanol–water partition coefficient (Wildman–Crippen LogP) is 1.94. The number of β-lactam (4-membered cyclic amide) rings is 1. The molecule has 24 heavy (non-hydrogen) atoms. The molecular formula is C15H19N3O3S3. The highest BCUT2D eigenvalue weighted by Gasteiger charge is 2.51. The van der Waals surface area contributed by atoms with Crippen molar-refractivity contribution in [2.24, 2.45) is 5.73 Å². The number of nitrogens with two attached hydrogens (primary N) is 1. The van der Waals surface area contributed by atoms with Gasteiger partial charge in [-0.05, 0) is 18.4 Å². The molecule has 0 bridgehead atoms. The summed E-state index contributed by atoms with van der Waals surface area (Å²) in [6.07, 6.45) is 1.76. The zero-order valence-corrected chi connectivity index (χ0v) is 15.9. The molecule has 1 amide bonds. The van der Waals surface area contributed by atoms with Crippen LogP contribution in [-0.2, 0) is 22.4 Å². The standard InChI is InChI=1S/C15H19N3O3S3/c1-3-8-15(24-9(4-2)17-8)23-6-7-5-22-13-10(16)12(19)18(13)11(7)14(20)21/h10,13H,3-6,16H2,1-2H3,(H,20,21)/t10?,13-/m1/s1. The molecule has 1 saturated heterocycles. The van der Waals surface area contributed by atoms with Gasteiger partial charge in [0.15, 0.2) is 0 Å². The second kappa shape index (κ2) is 7.07. The van der Waals surface area contributed by atoms with Crippen LogP contribution in [0, 0.1) is 0 Å². The number of fused-ring (bicyclic) bond motifs is 1. The summed E-state index contributed by atoms with van der Waals surface area (Å²) in [7, 11) is 0. The van der Waals surface area contributed by atoms with Gasteiger partial charge in [-0.25, -0.2) is 9.78 Å². The van der Waals surface area contributed by atoms with Gasteiger partial charge in [0.05, 0.1) is 14.9 Å². The fourth-order valence-corrected chi connectivity index (χ4v) is 6.56. The number of nitrogens with zero attached hydrogens (tertiary/aromatic N) is 2. The number of thiazole rings is 1. The molecule has 6 nitrogen and oxygen atoms in total. The van der Waals surface area contributed by atoms with E-state index in [0.29, 0.717) is 11.5 Å². The molecule has 1 unspecified atom stereocenters. The molecule has 0 aromatic carbocycles. The maximum atomic E-state index is 11.9. The molecule has 9 heteroatoms. The van der Waals surface area contributed by atoms with Crippen LogP contribution in [0.4, 0.5) is 0 Å². The number of carbonyl (C=O) groups is 2. The molecule has 0 radical (unpaired) electrons. The van der Waals surface area contributed by atoms with E-state index >= 15 is 0 Å². The molecule has 0 saturated carbocycles. The van der Waals surface area contributed by atoms with Crippen molar-refractivity contribution in [3.63, 3.8) is 0 Å². The molecular weight excluding hydrogens is 366 g/mol. The van der Waals surface area contributed by atoms with E-state index in [0.717, 1.165) is 33.3 Å². The summed E-state index contributed by atoms with van der Waals surface area (Å²) < 4.78 is 1.14. The second-order valence-corrected chi connectivity index (χ2v) is 8.96. The van der Waals surface area contributed by atoms with E-state index in [4.69, 9.17) is 5.73 Å². The molecule has 1 aromatic rings. The molecule has 1 aromatic heterocycles. The Morgan fingerprint density at radius 2 is 2.21 bits per heavy atom. The van der Waals surface area contributed by atoms with Gasteiger partial charge in [0.2, 0.25) is 5.91 Å². The smallest absolute Gasteiger partial charge is 0.352 e. The Hall–Kier alpha value is -1.03. The van der Waals surface area contributed by atoms with Crippen molar-refractivity contribution < 1.29 is 14.7 Å². The fraction of sp³-hybridized carbons (Fsp3) is 0.533. The second-order valence-electron chi connectivity index (χ2n) is 5.53. The largest absolute Gasteiger partial charge is 0.477 e. The van der Waals surface area contributed by atoms with Crippen LogP contribution >= 0.6 is 34.9 Å². The molecule has 2 aliphatic rings. The summed E-state index contributed by atoms with van der Waals surface area (Å²) in [5, 5.41) is 10.4. The number of rotatable bonds is 6. The van der Waals surface area contributed by atoms with Gasteiger partial charge in [-0.2, -0.15) is 0 Å². The first kappa shape index (κ1) is 17.8. The molecule has 0 aliphatic carbocycles. The maximum absolute atomic E-state index is 11.9. The molecule has 130 valence electrons. The number of hydrogen-bond acceptors (Lipinski definition) is 7. The summed E-state index contributed by atoms with van der Waals surface area (Å²) >= 11 is 4.83. The Morgan fingerprint density at radius 3 is 2.83 bits per heavy atom. The van der Waals surface area contributed by atoms with Crippen LogP contribution < -0.4 is 5.73 Å². The van der Waals surface area contributed by atoms with Gasteiger partial charge in [0, 0.05) is 11.5 Å². The maximum Gasteiger partial charge on any atom is 0.352 e. The van der Waals surface area contributed by atoms with Crippen LogP contribution in [0.25, 0.3) is 0 Å². The Labute approximate surface area is 152 Å². The lowest BCUT2D eigenvalue weighted by molar-refractivity contribution is -0.147. The number of aromatic nitrogens is 1. The van der Waals surface area contributed by atoms with Crippen molar-refractivity contribution in [1.29, 1.82) is 0 Å². The molecule has 2 aliphatic heterocycles. The summed E-state index contributed by atoms with van der Waals surface area (Å²) in [6, 6.07) is -0.584. The van der Waals surface area contributed by atoms with E-state index in [-0.39, 0.29) is 17.0 Å². The van der Waals surface area contributed by atoms with Gasteiger partial charge >= 0.3 is 5.97 Å². The minimum absolute atomic E-state index is 0.122. The first-order chi connectivity index (χ1) is 11.5. The van der Waals surface area contributed by atoms with Gasteiger partial charge in [-0.3, -0.25) is 9.69 Å². The Bertz CT molecular complexity index is 716. The lowest BCUT2D eigenvalue weighted by Crippen LogP contribution is -2.68. The third kappa shape index (κ3) is 2.98. The van der Waals surface area contributed by atoms with Crippen LogP contribution in [0.1, 0.15) is 24.5 Å². The fourth-order valence-electron chi connectivity index (χ4n) is 2.72. The van der Waals surface area contributed by atoms with Crippen LogP contribution in [-0.4, -0.2) is 49.8 Å². The number of thioether (sulfide) groups is 2. The van der Waals surface area contributed by atoms with Gasteiger partial charge in [-0.1, -0.05) is 13.8 Å². The monoisotopic (exact) mass is 385 g/mol. The number of aryl methyl sites for hydroxylation is 2. The highest BCUT2D eigenvalue weighted by atomic mass is 32.2. The van der Waals surface area contributed by atoms with E-state index < -0.39 is 12.0 Å². The van der Waals surface area contributed by atoms with Gasteiger partial charge in [-0.15, -0.1) is 34.9 Å². The van der Waals surface area contributed by atoms with E-state index in [1.54, 1.807) is 34.9 Å². The average Bonchev–Trinajstić information content (AvgIpc) is 3.00. The van der Waals surface area contributed by atoms with E-state index in [1.807, 2.05) is 0 Å². The lowest BCUT2D eigenvalue weighted by Gasteiger charge is -2.48. The number of carboxylic acids is 1. The highest BCUT2D eigenvalue weighted by molar-refractivity contribution is 8.02. The molecule has 3 heterocycles. The minimum Gasteiger partial charge on any atom is -0.477 e. The first-order valence-corrected chi connectivity index (χ1v) is 10.6. The summed E-state index contributed by atoms with van der Waals surface area (Å²) in [5.74, 6) is -0.200. The zero-order valence-electron chi connectivity index (χ0n) is 13.4. The van der Waals surface area contributed by atoms with Crippen LogP contribution in [0.2, 0.25) is 0 Å². The molecule has 1 fully saturated rings. The summed E-state index contributed by atoms with van der Waals surface area (Å²) in [6.45, 7) is 4.15. The van der Waals surface area contributed by atoms with E-state index in [1.165, 1.54) is 4.90 Å². The van der Waals surface area contributed by atoms with Crippen molar-refractivity contribution in [2.75, 3.05) is 11.5 Å². The average molecular weight is 386 g/mol. The number of carboxylic acid groups (broad SMARTS) is 1. The minimum atomic E-state index is -1.05. The molecule has 3 N–H and O–H groups in total. The third-order valence-corrected chi connectivity index (χ3v) is 8.00. The van der Waals surface area contributed by atoms with E-state index in [9.17, 15) is 14.7 Å².